The number of amides is 2. The zero-order valence-corrected chi connectivity index (χ0v) is 26.2. The lowest BCUT2D eigenvalue weighted by Crippen LogP contribution is -2.60. The molecule has 10 nitrogen and oxygen atoms in total. The van der Waals surface area contributed by atoms with Crippen molar-refractivity contribution in [2.75, 3.05) is 45.7 Å². The summed E-state index contributed by atoms with van der Waals surface area (Å²) in [4.78, 5) is 42.4. The van der Waals surface area contributed by atoms with Crippen LogP contribution in [0.3, 0.4) is 0 Å². The van der Waals surface area contributed by atoms with Crippen LogP contribution < -0.4 is 20.5 Å². The molecule has 2 aromatic carbocycles. The van der Waals surface area contributed by atoms with E-state index < -0.39 is 60.6 Å². The summed E-state index contributed by atoms with van der Waals surface area (Å²) in [7, 11) is 3.65. The molecule has 0 spiro atoms. The van der Waals surface area contributed by atoms with Gasteiger partial charge in [-0.05, 0) is 49.8 Å². The standard InChI is InChI=1S/C30H31ClF3N5O5S/c1-18(30(32,33)34)37-16-39(25-19-8-6-9-22(31)21(19)15-45-24-10-5-4-7-20(24)25)38-13-11-23(40)27(26(38)28(37)41)43-17-44-29(42)35-12-14-36(2)3/h4-11,13,18,25H,12,14-17H2,1-3H3,(H,35,42)/t18-,25+/m1/s1. The maximum Gasteiger partial charge on any atom is 0.410 e. The lowest BCUT2D eigenvalue weighted by molar-refractivity contribution is -0.173. The minimum absolute atomic E-state index is 0.277. The SMILES string of the molecule is C[C@@H](N1CN([C@@H]2c3ccccc3SCc3c(Cl)cccc32)n2ccc(=O)c(OCOC(=O)NCCN(C)C)c2C1=O)C(F)(F)F. The molecule has 3 heterocycles. The van der Waals surface area contributed by atoms with Crippen LogP contribution in [0.4, 0.5) is 18.0 Å². The van der Waals surface area contributed by atoms with Crippen LogP contribution in [-0.4, -0.2) is 79.3 Å². The van der Waals surface area contributed by atoms with Crippen molar-refractivity contribution in [1.29, 1.82) is 0 Å². The number of carbonyl (C=O) groups is 2. The molecule has 1 N–H and O–H groups in total. The van der Waals surface area contributed by atoms with Gasteiger partial charge in [0, 0.05) is 41.0 Å². The van der Waals surface area contributed by atoms with Gasteiger partial charge in [-0.15, -0.1) is 11.8 Å². The molecule has 0 fully saturated rings. The molecular weight excluding hydrogens is 635 g/mol. The second-order valence-corrected chi connectivity index (χ2v) is 12.2. The monoisotopic (exact) mass is 665 g/mol. The van der Waals surface area contributed by atoms with Crippen molar-refractivity contribution in [3.8, 4) is 5.75 Å². The number of alkyl halides is 3. The van der Waals surface area contributed by atoms with Gasteiger partial charge in [0.2, 0.25) is 18.0 Å². The number of thioether (sulfide) groups is 1. The van der Waals surface area contributed by atoms with E-state index in [-0.39, 0.29) is 6.54 Å². The van der Waals surface area contributed by atoms with Gasteiger partial charge < -0.3 is 24.6 Å². The number of hydrogen-bond donors (Lipinski definition) is 1. The van der Waals surface area contributed by atoms with Crippen LogP contribution in [0.1, 0.15) is 40.1 Å². The van der Waals surface area contributed by atoms with Gasteiger partial charge in [-0.25, -0.2) is 4.79 Å². The lowest BCUT2D eigenvalue weighted by atomic mass is 9.94. The zero-order valence-electron chi connectivity index (χ0n) is 24.6. The quantitative estimate of drug-likeness (QED) is 0.342. The molecule has 3 aromatic rings. The molecule has 0 radical (unpaired) electrons. The minimum atomic E-state index is -4.77. The summed E-state index contributed by atoms with van der Waals surface area (Å²) in [6.07, 6.45) is -4.27. The number of fused-ring (bicyclic) bond motifs is 3. The van der Waals surface area contributed by atoms with E-state index in [1.165, 1.54) is 10.9 Å². The molecule has 2 aliphatic heterocycles. The number of pyridine rings is 1. The van der Waals surface area contributed by atoms with Crippen molar-refractivity contribution in [2.24, 2.45) is 0 Å². The molecule has 15 heteroatoms. The van der Waals surface area contributed by atoms with Crippen molar-refractivity contribution in [1.82, 2.24) is 19.8 Å². The average Bonchev–Trinajstić information content (AvgIpc) is 3.15. The van der Waals surface area contributed by atoms with Crippen LogP contribution in [0.25, 0.3) is 0 Å². The Kier molecular flexibility index (Phi) is 9.56. The largest absolute Gasteiger partial charge is 0.451 e. The number of rotatable bonds is 8. The van der Waals surface area contributed by atoms with Crippen molar-refractivity contribution in [3.05, 3.63) is 92.4 Å². The van der Waals surface area contributed by atoms with Gasteiger partial charge in [-0.3, -0.25) is 19.3 Å². The number of carbonyl (C=O) groups excluding carboxylic acids is 2. The summed E-state index contributed by atoms with van der Waals surface area (Å²) >= 11 is 8.18. The first kappa shape index (κ1) is 32.5. The number of aromatic nitrogens is 1. The Bertz CT molecular complexity index is 1650. The van der Waals surface area contributed by atoms with E-state index in [2.05, 4.69) is 5.32 Å². The van der Waals surface area contributed by atoms with Crippen molar-refractivity contribution in [2.45, 2.75) is 35.8 Å². The summed E-state index contributed by atoms with van der Waals surface area (Å²) in [5, 5.41) is 4.60. The van der Waals surface area contributed by atoms with E-state index in [9.17, 15) is 27.6 Å². The summed E-state index contributed by atoms with van der Waals surface area (Å²) in [5.74, 6) is -1.10. The number of nitrogens with one attached hydrogen (secondary N) is 1. The van der Waals surface area contributed by atoms with Gasteiger partial charge in [-0.1, -0.05) is 41.9 Å². The second-order valence-electron chi connectivity index (χ2n) is 10.7. The minimum Gasteiger partial charge on any atom is -0.451 e. The van der Waals surface area contributed by atoms with Crippen LogP contribution >= 0.6 is 23.4 Å². The van der Waals surface area contributed by atoms with E-state index in [1.807, 2.05) is 49.3 Å². The van der Waals surface area contributed by atoms with Gasteiger partial charge in [0.25, 0.3) is 5.91 Å². The van der Waals surface area contributed by atoms with Crippen molar-refractivity contribution < 1.29 is 32.2 Å². The Morgan fingerprint density at radius 2 is 1.87 bits per heavy atom. The topological polar surface area (TPSA) is 96.3 Å². The molecular formula is C30H31ClF3N5O5S. The van der Waals surface area contributed by atoms with E-state index in [1.54, 1.807) is 28.9 Å². The van der Waals surface area contributed by atoms with Crippen LogP contribution in [0.5, 0.6) is 5.75 Å². The Morgan fingerprint density at radius 1 is 1.13 bits per heavy atom. The lowest BCUT2D eigenvalue weighted by Gasteiger charge is -2.46. The molecule has 0 saturated carbocycles. The summed E-state index contributed by atoms with van der Waals surface area (Å²) in [5.41, 5.74) is 1.11. The molecule has 2 amide bonds. The fourth-order valence-electron chi connectivity index (χ4n) is 5.20. The van der Waals surface area contributed by atoms with Crippen molar-refractivity contribution in [3.63, 3.8) is 0 Å². The molecule has 1 aromatic heterocycles. The van der Waals surface area contributed by atoms with Crippen LogP contribution in [0.15, 0.2) is 64.4 Å². The van der Waals surface area contributed by atoms with Gasteiger partial charge in [0.1, 0.15) is 12.7 Å². The van der Waals surface area contributed by atoms with Crippen LogP contribution in [0.2, 0.25) is 5.02 Å². The Hall–Kier alpha value is -3.88. The molecule has 0 bridgehead atoms. The van der Waals surface area contributed by atoms with Gasteiger partial charge in [-0.2, -0.15) is 13.2 Å². The first-order valence-electron chi connectivity index (χ1n) is 14.0. The third-order valence-electron chi connectivity index (χ3n) is 7.57. The van der Waals surface area contributed by atoms with Crippen molar-refractivity contribution >= 4 is 35.4 Å². The van der Waals surface area contributed by atoms with Crippen LogP contribution in [-0.2, 0) is 10.5 Å². The Labute approximate surface area is 266 Å². The number of nitrogens with zero attached hydrogens (tertiary/aromatic N) is 4. The Morgan fingerprint density at radius 3 is 2.60 bits per heavy atom. The van der Waals surface area contributed by atoms with Gasteiger partial charge in [0.05, 0.1) is 6.04 Å². The maximum absolute atomic E-state index is 14.2. The number of likely N-dealkylation sites (N-methyl/N-ethyl adjacent to an activating group) is 1. The fraction of sp³-hybridized carbons (Fsp3) is 0.367. The summed E-state index contributed by atoms with van der Waals surface area (Å²) < 4.78 is 54.4. The molecule has 0 unspecified atom stereocenters. The summed E-state index contributed by atoms with van der Waals surface area (Å²) in [6, 6.07) is 11.1. The smallest absolute Gasteiger partial charge is 0.410 e. The highest BCUT2D eigenvalue weighted by atomic mass is 35.5. The molecule has 2 atom stereocenters. The normalized spacial score (nSPS) is 16.8. The van der Waals surface area contributed by atoms with Gasteiger partial charge >= 0.3 is 12.3 Å². The summed E-state index contributed by atoms with van der Waals surface area (Å²) in [6.45, 7) is 0.465. The molecule has 5 rings (SSSR count). The number of hydrogen-bond acceptors (Lipinski definition) is 8. The highest BCUT2D eigenvalue weighted by Gasteiger charge is 2.48. The maximum atomic E-state index is 14.2. The van der Waals surface area contributed by atoms with E-state index in [4.69, 9.17) is 21.1 Å². The number of benzene rings is 2. The third-order valence-corrected chi connectivity index (χ3v) is 9.04. The van der Waals surface area contributed by atoms with Crippen LogP contribution in [0, 0.1) is 0 Å². The zero-order chi connectivity index (χ0) is 32.5. The highest BCUT2D eigenvalue weighted by Crippen LogP contribution is 2.45. The van der Waals surface area contributed by atoms with E-state index in [0.29, 0.717) is 22.2 Å². The molecule has 45 heavy (non-hydrogen) atoms. The Balaban J connectivity index is 1.61. The second kappa shape index (κ2) is 13.2. The first-order valence-corrected chi connectivity index (χ1v) is 15.3. The van der Waals surface area contributed by atoms with Gasteiger partial charge in [0.15, 0.2) is 5.69 Å². The van der Waals surface area contributed by atoms with E-state index in [0.717, 1.165) is 34.6 Å². The number of halogens is 4. The first-order chi connectivity index (χ1) is 21.4. The highest BCUT2D eigenvalue weighted by molar-refractivity contribution is 7.98. The molecule has 0 saturated heterocycles. The molecule has 2 aliphatic rings. The average molecular weight is 666 g/mol. The third kappa shape index (κ3) is 6.72. The molecule has 0 aliphatic carbocycles. The predicted molar refractivity (Wildman–Crippen MR) is 163 cm³/mol. The van der Waals surface area contributed by atoms with E-state index >= 15 is 0 Å². The number of ether oxygens (including phenoxy) is 2. The predicted octanol–water partition coefficient (Wildman–Crippen LogP) is 4.82. The fourth-order valence-corrected chi connectivity index (χ4v) is 6.67. The number of alkyl carbamates (subject to hydrolysis) is 1. The molecule has 240 valence electrons.